The third kappa shape index (κ3) is 2.34. The second-order valence-corrected chi connectivity index (χ2v) is 5.52. The highest BCUT2D eigenvalue weighted by Gasteiger charge is 2.09. The summed E-state index contributed by atoms with van der Waals surface area (Å²) < 4.78 is 1.02. The third-order valence-electron chi connectivity index (χ3n) is 3.31. The minimum atomic E-state index is -0.0888. The Morgan fingerprint density at radius 1 is 1.05 bits per heavy atom. The van der Waals surface area contributed by atoms with Gasteiger partial charge in [-0.15, -0.1) is 0 Å². The smallest absolute Gasteiger partial charge is 0.272 e. The quantitative estimate of drug-likeness (QED) is 0.770. The van der Waals surface area contributed by atoms with Gasteiger partial charge in [0.1, 0.15) is 5.69 Å². The molecule has 1 N–H and O–H groups in total. The normalized spacial score (nSPS) is 10.7. The molecular weight excluding hydrogens is 316 g/mol. The van der Waals surface area contributed by atoms with E-state index in [0.717, 1.165) is 21.1 Å². The maximum Gasteiger partial charge on any atom is 0.272 e. The zero-order valence-corrected chi connectivity index (χ0v) is 12.5. The maximum atomic E-state index is 12.2. The lowest BCUT2D eigenvalue weighted by atomic mass is 10.2. The van der Waals surface area contributed by atoms with E-state index in [-0.39, 0.29) is 5.56 Å². The third-order valence-corrected chi connectivity index (χ3v) is 3.84. The van der Waals surface area contributed by atoms with Crippen molar-refractivity contribution in [2.24, 2.45) is 0 Å². The van der Waals surface area contributed by atoms with Gasteiger partial charge >= 0.3 is 0 Å². The van der Waals surface area contributed by atoms with Gasteiger partial charge in [-0.1, -0.05) is 34.1 Å². The summed E-state index contributed by atoms with van der Waals surface area (Å²) in [5.41, 5.74) is 2.36. The average Bonchev–Trinajstić information content (AvgIpc) is 2.46. The van der Waals surface area contributed by atoms with Crippen molar-refractivity contribution >= 4 is 38.2 Å². The number of hydrogen-bond acceptors (Lipinski definition) is 2. The minimum Gasteiger partial charge on any atom is -0.340 e. The fraction of sp³-hybridized carbons (Fsp3) is 0.0625. The first-order valence-corrected chi connectivity index (χ1v) is 7.06. The molecule has 3 rings (SSSR count). The van der Waals surface area contributed by atoms with Crippen molar-refractivity contribution in [3.05, 3.63) is 69.4 Å². The predicted molar refractivity (Wildman–Crippen MR) is 86.8 cm³/mol. The van der Waals surface area contributed by atoms with Gasteiger partial charge in [0.25, 0.3) is 5.56 Å². The number of fused-ring (bicyclic) bond motifs is 1. The van der Waals surface area contributed by atoms with E-state index in [2.05, 4.69) is 20.9 Å². The number of pyridine rings is 1. The van der Waals surface area contributed by atoms with Crippen LogP contribution in [0.5, 0.6) is 0 Å². The molecule has 0 spiro atoms. The van der Waals surface area contributed by atoms with Gasteiger partial charge in [-0.2, -0.15) is 0 Å². The standard InChI is InChI=1S/C16H13BrN2O/c1-19(13-8-6-12(17)7-9-13)15-10-11-4-2-3-5-14(11)18-16(15)20/h2-10H,1H3,(H,18,20). The van der Waals surface area contributed by atoms with Crippen LogP contribution in [0.3, 0.4) is 0 Å². The highest BCUT2D eigenvalue weighted by molar-refractivity contribution is 9.10. The average molecular weight is 329 g/mol. The van der Waals surface area contributed by atoms with Crippen molar-refractivity contribution in [3.8, 4) is 0 Å². The number of hydrogen-bond donors (Lipinski definition) is 1. The van der Waals surface area contributed by atoms with Crippen LogP contribution in [0.1, 0.15) is 0 Å². The number of aromatic amines is 1. The number of halogens is 1. The Kier molecular flexibility index (Phi) is 3.32. The summed E-state index contributed by atoms with van der Waals surface area (Å²) in [6.07, 6.45) is 0. The van der Waals surface area contributed by atoms with Crippen LogP contribution in [-0.2, 0) is 0 Å². The molecule has 0 fully saturated rings. The van der Waals surface area contributed by atoms with E-state index in [0.29, 0.717) is 5.69 Å². The highest BCUT2D eigenvalue weighted by atomic mass is 79.9. The minimum absolute atomic E-state index is 0.0888. The van der Waals surface area contributed by atoms with Crippen LogP contribution in [0, 0.1) is 0 Å². The molecular formula is C16H13BrN2O. The second-order valence-electron chi connectivity index (χ2n) is 4.61. The van der Waals surface area contributed by atoms with Gasteiger partial charge in [0.2, 0.25) is 0 Å². The van der Waals surface area contributed by atoms with Crippen LogP contribution in [-0.4, -0.2) is 12.0 Å². The molecule has 0 saturated carbocycles. The van der Waals surface area contributed by atoms with Crippen molar-refractivity contribution in [1.82, 2.24) is 4.98 Å². The predicted octanol–water partition coefficient (Wildman–Crippen LogP) is 4.06. The summed E-state index contributed by atoms with van der Waals surface area (Å²) >= 11 is 3.41. The molecule has 3 aromatic rings. The van der Waals surface area contributed by atoms with Crippen LogP contribution in [0.2, 0.25) is 0 Å². The van der Waals surface area contributed by atoms with Crippen molar-refractivity contribution in [2.75, 3.05) is 11.9 Å². The lowest BCUT2D eigenvalue weighted by molar-refractivity contribution is 1.16. The lowest BCUT2D eigenvalue weighted by Gasteiger charge is -2.19. The SMILES string of the molecule is CN(c1ccc(Br)cc1)c1cc2ccccc2[nH]c1=O. The van der Waals surface area contributed by atoms with Gasteiger partial charge in [0, 0.05) is 28.1 Å². The summed E-state index contributed by atoms with van der Waals surface area (Å²) in [6, 6.07) is 17.5. The molecule has 4 heteroatoms. The zero-order valence-electron chi connectivity index (χ0n) is 10.9. The van der Waals surface area contributed by atoms with Crippen LogP contribution in [0.25, 0.3) is 10.9 Å². The van der Waals surface area contributed by atoms with E-state index in [1.165, 1.54) is 0 Å². The number of para-hydroxylation sites is 1. The van der Waals surface area contributed by atoms with E-state index in [9.17, 15) is 4.79 Å². The Hall–Kier alpha value is -2.07. The fourth-order valence-electron chi connectivity index (χ4n) is 2.19. The molecule has 0 aliphatic carbocycles. The zero-order chi connectivity index (χ0) is 14.1. The van der Waals surface area contributed by atoms with Crippen molar-refractivity contribution in [3.63, 3.8) is 0 Å². The molecule has 0 amide bonds. The Labute approximate surface area is 125 Å². The number of aromatic nitrogens is 1. The van der Waals surface area contributed by atoms with E-state index in [4.69, 9.17) is 0 Å². The molecule has 0 bridgehead atoms. The molecule has 0 aliphatic heterocycles. The first-order chi connectivity index (χ1) is 9.65. The molecule has 3 nitrogen and oxygen atoms in total. The monoisotopic (exact) mass is 328 g/mol. The van der Waals surface area contributed by atoms with E-state index >= 15 is 0 Å². The van der Waals surface area contributed by atoms with Gasteiger partial charge in [0.15, 0.2) is 0 Å². The van der Waals surface area contributed by atoms with Gasteiger partial charge < -0.3 is 9.88 Å². The van der Waals surface area contributed by atoms with Crippen molar-refractivity contribution in [2.45, 2.75) is 0 Å². The topological polar surface area (TPSA) is 36.1 Å². The Morgan fingerprint density at radius 3 is 2.50 bits per heavy atom. The molecule has 0 radical (unpaired) electrons. The number of anilines is 2. The highest BCUT2D eigenvalue weighted by Crippen LogP contribution is 2.24. The Bertz CT molecular complexity index is 809. The Morgan fingerprint density at radius 2 is 1.75 bits per heavy atom. The molecule has 1 heterocycles. The number of H-pyrrole nitrogens is 1. The van der Waals surface area contributed by atoms with Crippen LogP contribution in [0.4, 0.5) is 11.4 Å². The molecule has 0 unspecified atom stereocenters. The van der Waals surface area contributed by atoms with Crippen molar-refractivity contribution in [1.29, 1.82) is 0 Å². The first kappa shape index (κ1) is 12.9. The van der Waals surface area contributed by atoms with Crippen LogP contribution >= 0.6 is 15.9 Å². The van der Waals surface area contributed by atoms with Gasteiger partial charge in [-0.05, 0) is 36.4 Å². The molecule has 0 atom stereocenters. The first-order valence-electron chi connectivity index (χ1n) is 6.26. The van der Waals surface area contributed by atoms with Crippen LogP contribution in [0.15, 0.2) is 63.9 Å². The maximum absolute atomic E-state index is 12.2. The largest absolute Gasteiger partial charge is 0.340 e. The second kappa shape index (κ2) is 5.13. The van der Waals surface area contributed by atoms with Gasteiger partial charge in [0.05, 0.1) is 0 Å². The molecule has 100 valence electrons. The molecule has 0 aliphatic rings. The van der Waals surface area contributed by atoms with Gasteiger partial charge in [-0.3, -0.25) is 4.79 Å². The molecule has 20 heavy (non-hydrogen) atoms. The molecule has 2 aromatic carbocycles. The summed E-state index contributed by atoms with van der Waals surface area (Å²) in [5.74, 6) is 0. The summed E-state index contributed by atoms with van der Waals surface area (Å²) in [6.45, 7) is 0. The molecule has 1 aromatic heterocycles. The number of benzene rings is 2. The summed E-state index contributed by atoms with van der Waals surface area (Å²) in [4.78, 5) is 17.0. The number of nitrogens with zero attached hydrogens (tertiary/aromatic N) is 1. The van der Waals surface area contributed by atoms with E-state index < -0.39 is 0 Å². The summed E-state index contributed by atoms with van der Waals surface area (Å²) in [5, 5.41) is 1.02. The lowest BCUT2D eigenvalue weighted by Crippen LogP contribution is -2.20. The summed E-state index contributed by atoms with van der Waals surface area (Å²) in [7, 11) is 1.89. The van der Waals surface area contributed by atoms with E-state index in [1.54, 1.807) is 0 Å². The van der Waals surface area contributed by atoms with Crippen LogP contribution < -0.4 is 10.5 Å². The fourth-order valence-corrected chi connectivity index (χ4v) is 2.45. The van der Waals surface area contributed by atoms with E-state index in [1.807, 2.05) is 66.5 Å². The molecule has 0 saturated heterocycles. The Balaban J connectivity index is 2.11. The number of nitrogens with one attached hydrogen (secondary N) is 1. The number of rotatable bonds is 2. The van der Waals surface area contributed by atoms with Gasteiger partial charge in [-0.25, -0.2) is 0 Å². The van der Waals surface area contributed by atoms with Crippen molar-refractivity contribution < 1.29 is 0 Å².